The van der Waals surface area contributed by atoms with Crippen LogP contribution in [-0.2, 0) is 9.53 Å². The highest BCUT2D eigenvalue weighted by Crippen LogP contribution is 2.25. The van der Waals surface area contributed by atoms with Crippen molar-refractivity contribution in [2.75, 3.05) is 6.54 Å². The monoisotopic (exact) mass is 159 g/mol. The second-order valence-corrected chi connectivity index (χ2v) is 2.88. The van der Waals surface area contributed by atoms with Crippen LogP contribution in [0.3, 0.4) is 0 Å². The van der Waals surface area contributed by atoms with Crippen LogP contribution in [0, 0.1) is 5.92 Å². The molecule has 0 spiro atoms. The fraction of sp³-hybridized carbons (Fsp3) is 0.857. The van der Waals surface area contributed by atoms with Crippen LogP contribution < -0.4 is 5.73 Å². The summed E-state index contributed by atoms with van der Waals surface area (Å²) in [5.74, 6) is -1.16. The van der Waals surface area contributed by atoms with Gasteiger partial charge in [0.05, 0.1) is 18.1 Å². The lowest BCUT2D eigenvalue weighted by Crippen LogP contribution is -2.20. The van der Waals surface area contributed by atoms with E-state index in [1.54, 1.807) is 6.92 Å². The van der Waals surface area contributed by atoms with E-state index in [0.29, 0.717) is 13.0 Å². The summed E-state index contributed by atoms with van der Waals surface area (Å²) < 4.78 is 5.28. The molecule has 1 rings (SSSR count). The van der Waals surface area contributed by atoms with E-state index in [9.17, 15) is 4.79 Å². The fourth-order valence-corrected chi connectivity index (χ4v) is 1.38. The Bertz CT molecular complexity index is 160. The Morgan fingerprint density at radius 2 is 2.45 bits per heavy atom. The molecule has 4 heteroatoms. The van der Waals surface area contributed by atoms with Gasteiger partial charge in [-0.1, -0.05) is 0 Å². The zero-order valence-corrected chi connectivity index (χ0v) is 6.49. The van der Waals surface area contributed by atoms with Gasteiger partial charge in [-0.25, -0.2) is 0 Å². The number of aliphatic carboxylic acids is 1. The molecule has 1 aliphatic heterocycles. The van der Waals surface area contributed by atoms with E-state index in [0.717, 1.165) is 0 Å². The maximum absolute atomic E-state index is 10.6. The van der Waals surface area contributed by atoms with Gasteiger partial charge in [0.25, 0.3) is 0 Å². The van der Waals surface area contributed by atoms with Gasteiger partial charge in [0, 0.05) is 6.54 Å². The molecule has 11 heavy (non-hydrogen) atoms. The molecule has 0 radical (unpaired) electrons. The fourth-order valence-electron chi connectivity index (χ4n) is 1.38. The zero-order chi connectivity index (χ0) is 8.43. The first kappa shape index (κ1) is 8.49. The van der Waals surface area contributed by atoms with Gasteiger partial charge >= 0.3 is 5.97 Å². The minimum Gasteiger partial charge on any atom is -0.481 e. The second-order valence-electron chi connectivity index (χ2n) is 2.88. The molecule has 0 aromatic carbocycles. The van der Waals surface area contributed by atoms with E-state index in [2.05, 4.69) is 0 Å². The molecule has 0 aromatic rings. The standard InChI is InChI=1S/C7H13NO3/c1-4-6(7(9)10)2-5(3-8)11-4/h4-6H,2-3,8H2,1H3,(H,9,10). The predicted octanol–water partition coefficient (Wildman–Crippen LogP) is -0.177. The highest BCUT2D eigenvalue weighted by Gasteiger charge is 2.36. The molecule has 1 aliphatic rings. The molecule has 0 aliphatic carbocycles. The summed E-state index contributed by atoms with van der Waals surface area (Å²) in [4.78, 5) is 10.6. The van der Waals surface area contributed by atoms with Crippen molar-refractivity contribution in [2.24, 2.45) is 11.7 Å². The third kappa shape index (κ3) is 1.70. The van der Waals surface area contributed by atoms with Crippen LogP contribution >= 0.6 is 0 Å². The van der Waals surface area contributed by atoms with Gasteiger partial charge in [0.1, 0.15) is 0 Å². The number of nitrogens with two attached hydrogens (primary N) is 1. The number of ether oxygens (including phenoxy) is 1. The average molecular weight is 159 g/mol. The quantitative estimate of drug-likeness (QED) is 0.586. The Morgan fingerprint density at radius 1 is 1.82 bits per heavy atom. The van der Waals surface area contributed by atoms with E-state index in [1.807, 2.05) is 0 Å². The zero-order valence-electron chi connectivity index (χ0n) is 6.49. The molecule has 3 N–H and O–H groups in total. The van der Waals surface area contributed by atoms with Crippen LogP contribution in [0.25, 0.3) is 0 Å². The number of carboxylic acids is 1. The van der Waals surface area contributed by atoms with E-state index in [-0.39, 0.29) is 18.1 Å². The Kier molecular flexibility index (Phi) is 2.46. The third-order valence-electron chi connectivity index (χ3n) is 2.07. The van der Waals surface area contributed by atoms with Gasteiger partial charge in [-0.2, -0.15) is 0 Å². The Labute approximate surface area is 65.3 Å². The third-order valence-corrected chi connectivity index (χ3v) is 2.07. The summed E-state index contributed by atoms with van der Waals surface area (Å²) in [6.45, 7) is 2.18. The molecule has 1 heterocycles. The highest BCUT2D eigenvalue weighted by atomic mass is 16.5. The number of hydrogen-bond acceptors (Lipinski definition) is 3. The molecule has 64 valence electrons. The van der Waals surface area contributed by atoms with Crippen LogP contribution in [-0.4, -0.2) is 29.8 Å². The SMILES string of the molecule is CC1OC(CN)CC1C(=O)O. The van der Waals surface area contributed by atoms with Crippen LogP contribution in [0.5, 0.6) is 0 Å². The molecule has 0 amide bonds. The number of hydrogen-bond donors (Lipinski definition) is 2. The van der Waals surface area contributed by atoms with Crippen molar-refractivity contribution in [3.05, 3.63) is 0 Å². The summed E-state index contributed by atoms with van der Waals surface area (Å²) >= 11 is 0. The average Bonchev–Trinajstić information content (AvgIpc) is 2.30. The maximum Gasteiger partial charge on any atom is 0.309 e. The lowest BCUT2D eigenvalue weighted by Gasteiger charge is -2.07. The first-order chi connectivity index (χ1) is 5.15. The number of carbonyl (C=O) groups is 1. The molecular weight excluding hydrogens is 146 g/mol. The van der Waals surface area contributed by atoms with Gasteiger partial charge in [-0.3, -0.25) is 4.79 Å². The van der Waals surface area contributed by atoms with Crippen molar-refractivity contribution in [3.8, 4) is 0 Å². The van der Waals surface area contributed by atoms with E-state index in [4.69, 9.17) is 15.6 Å². The van der Waals surface area contributed by atoms with Crippen molar-refractivity contribution in [3.63, 3.8) is 0 Å². The van der Waals surface area contributed by atoms with Crippen LogP contribution in [0.1, 0.15) is 13.3 Å². The van der Waals surface area contributed by atoms with Crippen molar-refractivity contribution in [1.82, 2.24) is 0 Å². The van der Waals surface area contributed by atoms with Crippen molar-refractivity contribution >= 4 is 5.97 Å². The molecule has 1 fully saturated rings. The van der Waals surface area contributed by atoms with Crippen LogP contribution in [0.4, 0.5) is 0 Å². The Hall–Kier alpha value is -0.610. The molecule has 0 bridgehead atoms. The summed E-state index contributed by atoms with van der Waals surface area (Å²) in [6.07, 6.45) is 0.291. The summed E-state index contributed by atoms with van der Waals surface area (Å²) in [5.41, 5.74) is 5.34. The number of rotatable bonds is 2. The highest BCUT2D eigenvalue weighted by molar-refractivity contribution is 5.71. The second kappa shape index (κ2) is 3.19. The van der Waals surface area contributed by atoms with Crippen molar-refractivity contribution in [1.29, 1.82) is 0 Å². The van der Waals surface area contributed by atoms with E-state index < -0.39 is 5.97 Å². The summed E-state index contributed by atoms with van der Waals surface area (Å²) in [6, 6.07) is 0. The summed E-state index contributed by atoms with van der Waals surface area (Å²) in [5, 5.41) is 8.68. The molecule has 3 atom stereocenters. The molecular formula is C7H13NO3. The first-order valence-electron chi connectivity index (χ1n) is 3.73. The van der Waals surface area contributed by atoms with Crippen molar-refractivity contribution in [2.45, 2.75) is 25.6 Å². The molecule has 0 aromatic heterocycles. The minimum atomic E-state index is -0.784. The first-order valence-corrected chi connectivity index (χ1v) is 3.73. The Morgan fingerprint density at radius 3 is 2.73 bits per heavy atom. The summed E-state index contributed by atoms with van der Waals surface area (Å²) in [7, 11) is 0. The largest absolute Gasteiger partial charge is 0.481 e. The normalized spacial score (nSPS) is 37.5. The smallest absolute Gasteiger partial charge is 0.309 e. The van der Waals surface area contributed by atoms with E-state index >= 15 is 0 Å². The predicted molar refractivity (Wildman–Crippen MR) is 39.1 cm³/mol. The maximum atomic E-state index is 10.6. The van der Waals surface area contributed by atoms with Crippen LogP contribution in [0.2, 0.25) is 0 Å². The van der Waals surface area contributed by atoms with E-state index in [1.165, 1.54) is 0 Å². The minimum absolute atomic E-state index is 0.0638. The lowest BCUT2D eigenvalue weighted by molar-refractivity contribution is -0.143. The van der Waals surface area contributed by atoms with Gasteiger partial charge in [-0.15, -0.1) is 0 Å². The van der Waals surface area contributed by atoms with Crippen LogP contribution in [0.15, 0.2) is 0 Å². The van der Waals surface area contributed by atoms with Gasteiger partial charge < -0.3 is 15.6 Å². The Balaban J connectivity index is 2.51. The molecule has 4 nitrogen and oxygen atoms in total. The van der Waals surface area contributed by atoms with Gasteiger partial charge in [-0.05, 0) is 13.3 Å². The van der Waals surface area contributed by atoms with Crippen molar-refractivity contribution < 1.29 is 14.6 Å². The van der Waals surface area contributed by atoms with Gasteiger partial charge in [0.2, 0.25) is 0 Å². The number of carboxylic acid groups (broad SMARTS) is 1. The molecule has 0 saturated carbocycles. The molecule has 1 saturated heterocycles. The molecule has 3 unspecified atom stereocenters. The lowest BCUT2D eigenvalue weighted by atomic mass is 10.0. The topological polar surface area (TPSA) is 72.5 Å². The van der Waals surface area contributed by atoms with Gasteiger partial charge in [0.15, 0.2) is 0 Å².